The van der Waals surface area contributed by atoms with Crippen molar-refractivity contribution in [3.63, 3.8) is 0 Å². The molecule has 0 fully saturated rings. The summed E-state index contributed by atoms with van der Waals surface area (Å²) < 4.78 is 0. The summed E-state index contributed by atoms with van der Waals surface area (Å²) in [5.41, 5.74) is 7.52. The molecule has 2 aliphatic carbocycles. The Bertz CT molecular complexity index is 620. The lowest BCUT2D eigenvalue weighted by molar-refractivity contribution is 0.854. The SMILES string of the molecule is C1=CCC2c3ccccc3-c3cccc(c32)C1. The third-order valence-electron chi connectivity index (χ3n) is 4.05. The van der Waals surface area contributed by atoms with Crippen molar-refractivity contribution in [3.05, 3.63) is 71.3 Å². The quantitative estimate of drug-likeness (QED) is 0.578. The molecular formula is C17H14. The molecule has 1 unspecified atom stereocenters. The number of benzene rings is 2. The van der Waals surface area contributed by atoms with Crippen LogP contribution >= 0.6 is 0 Å². The third-order valence-corrected chi connectivity index (χ3v) is 4.05. The molecule has 2 aliphatic rings. The van der Waals surface area contributed by atoms with Crippen molar-refractivity contribution in [2.24, 2.45) is 0 Å². The Kier molecular flexibility index (Phi) is 1.81. The maximum atomic E-state index is 2.34. The van der Waals surface area contributed by atoms with Crippen LogP contribution in [0, 0.1) is 0 Å². The van der Waals surface area contributed by atoms with Crippen LogP contribution in [0.25, 0.3) is 11.1 Å². The maximum absolute atomic E-state index is 2.34. The van der Waals surface area contributed by atoms with E-state index in [2.05, 4.69) is 54.6 Å². The van der Waals surface area contributed by atoms with Gasteiger partial charge < -0.3 is 0 Å². The van der Waals surface area contributed by atoms with Crippen LogP contribution in [0.2, 0.25) is 0 Å². The molecule has 0 heteroatoms. The van der Waals surface area contributed by atoms with Crippen molar-refractivity contribution >= 4 is 0 Å². The molecule has 0 saturated heterocycles. The highest BCUT2D eigenvalue weighted by Gasteiger charge is 2.29. The minimum absolute atomic E-state index is 0.594. The highest BCUT2D eigenvalue weighted by Crippen LogP contribution is 2.48. The first kappa shape index (κ1) is 9.23. The topological polar surface area (TPSA) is 0 Å². The van der Waals surface area contributed by atoms with E-state index in [1.165, 1.54) is 22.3 Å². The zero-order valence-electron chi connectivity index (χ0n) is 9.69. The van der Waals surface area contributed by atoms with Crippen LogP contribution < -0.4 is 0 Å². The molecule has 0 heterocycles. The van der Waals surface area contributed by atoms with Crippen LogP contribution in [0.3, 0.4) is 0 Å². The molecule has 2 aromatic carbocycles. The molecule has 1 atom stereocenters. The van der Waals surface area contributed by atoms with Gasteiger partial charge in [0.15, 0.2) is 0 Å². The van der Waals surface area contributed by atoms with Crippen LogP contribution in [0.5, 0.6) is 0 Å². The standard InChI is InChI=1S/C17H14/c1-2-10-15-13-8-3-4-9-14(13)16-11-5-7-12(6-1)17(15)16/h1-5,7-9,11,15H,6,10H2. The fourth-order valence-corrected chi connectivity index (χ4v) is 3.33. The normalized spacial score (nSPS) is 19.6. The second kappa shape index (κ2) is 3.33. The predicted molar refractivity (Wildman–Crippen MR) is 71.2 cm³/mol. The minimum Gasteiger partial charge on any atom is -0.0873 e. The molecule has 0 aromatic heterocycles. The van der Waals surface area contributed by atoms with Gasteiger partial charge in [0.05, 0.1) is 0 Å². The first-order valence-corrected chi connectivity index (χ1v) is 6.31. The van der Waals surface area contributed by atoms with E-state index in [0.29, 0.717) is 5.92 Å². The average Bonchev–Trinajstić information content (AvgIpc) is 2.56. The van der Waals surface area contributed by atoms with E-state index in [9.17, 15) is 0 Å². The van der Waals surface area contributed by atoms with Crippen molar-refractivity contribution < 1.29 is 0 Å². The van der Waals surface area contributed by atoms with Gasteiger partial charge in [-0.3, -0.25) is 0 Å². The summed E-state index contributed by atoms with van der Waals surface area (Å²) in [6.07, 6.45) is 6.90. The van der Waals surface area contributed by atoms with E-state index in [-0.39, 0.29) is 0 Å². The molecule has 0 nitrogen and oxygen atoms in total. The first-order chi connectivity index (χ1) is 8.45. The Morgan fingerprint density at radius 1 is 0.824 bits per heavy atom. The zero-order valence-corrected chi connectivity index (χ0v) is 9.69. The molecule has 17 heavy (non-hydrogen) atoms. The van der Waals surface area contributed by atoms with Gasteiger partial charge in [-0.1, -0.05) is 54.6 Å². The van der Waals surface area contributed by atoms with Crippen molar-refractivity contribution in [3.8, 4) is 11.1 Å². The van der Waals surface area contributed by atoms with Gasteiger partial charge in [-0.05, 0) is 40.7 Å². The van der Waals surface area contributed by atoms with Gasteiger partial charge in [-0.15, -0.1) is 0 Å². The molecule has 0 aliphatic heterocycles. The second-order valence-corrected chi connectivity index (χ2v) is 4.93. The Morgan fingerprint density at radius 2 is 1.71 bits per heavy atom. The maximum Gasteiger partial charge on any atom is 0.0139 e. The number of hydrogen-bond donors (Lipinski definition) is 0. The van der Waals surface area contributed by atoms with Gasteiger partial charge in [-0.2, -0.15) is 0 Å². The largest absolute Gasteiger partial charge is 0.0873 e. The van der Waals surface area contributed by atoms with Crippen LogP contribution in [0.15, 0.2) is 54.6 Å². The lowest BCUT2D eigenvalue weighted by Gasteiger charge is -2.12. The lowest BCUT2D eigenvalue weighted by Crippen LogP contribution is -1.96. The Labute approximate surface area is 102 Å². The van der Waals surface area contributed by atoms with Gasteiger partial charge in [0.25, 0.3) is 0 Å². The number of allylic oxidation sites excluding steroid dienone is 2. The molecule has 0 N–H and O–H groups in total. The zero-order chi connectivity index (χ0) is 11.2. The van der Waals surface area contributed by atoms with Crippen molar-refractivity contribution in [2.75, 3.05) is 0 Å². The minimum atomic E-state index is 0.594. The van der Waals surface area contributed by atoms with Crippen LogP contribution in [0.1, 0.15) is 29.0 Å². The summed E-state index contributed by atoms with van der Waals surface area (Å²) in [7, 11) is 0. The monoisotopic (exact) mass is 218 g/mol. The lowest BCUT2D eigenvalue weighted by atomic mass is 9.91. The number of fused-ring (bicyclic) bond motifs is 3. The molecule has 0 spiro atoms. The van der Waals surface area contributed by atoms with Crippen LogP contribution in [-0.2, 0) is 6.42 Å². The molecule has 0 saturated carbocycles. The summed E-state index contributed by atoms with van der Waals surface area (Å²) in [5.74, 6) is 0.594. The summed E-state index contributed by atoms with van der Waals surface area (Å²) in [6.45, 7) is 0. The van der Waals surface area contributed by atoms with E-state index in [4.69, 9.17) is 0 Å². The summed E-state index contributed by atoms with van der Waals surface area (Å²) in [6, 6.07) is 15.6. The molecule has 4 rings (SSSR count). The molecule has 0 radical (unpaired) electrons. The molecule has 0 bridgehead atoms. The Balaban J connectivity index is 2.08. The van der Waals surface area contributed by atoms with Gasteiger partial charge >= 0.3 is 0 Å². The van der Waals surface area contributed by atoms with Crippen LogP contribution in [-0.4, -0.2) is 0 Å². The van der Waals surface area contributed by atoms with E-state index < -0.39 is 0 Å². The molecule has 2 aromatic rings. The van der Waals surface area contributed by atoms with Crippen LogP contribution in [0.4, 0.5) is 0 Å². The second-order valence-electron chi connectivity index (χ2n) is 4.93. The van der Waals surface area contributed by atoms with Gasteiger partial charge in [-0.25, -0.2) is 0 Å². The van der Waals surface area contributed by atoms with Gasteiger partial charge in [0.2, 0.25) is 0 Å². The van der Waals surface area contributed by atoms with Gasteiger partial charge in [0, 0.05) is 5.92 Å². The summed E-state index contributed by atoms with van der Waals surface area (Å²) in [4.78, 5) is 0. The smallest absolute Gasteiger partial charge is 0.0139 e. The summed E-state index contributed by atoms with van der Waals surface area (Å²) in [5, 5.41) is 0. The van der Waals surface area contributed by atoms with Gasteiger partial charge in [0.1, 0.15) is 0 Å². The third kappa shape index (κ3) is 1.18. The van der Waals surface area contributed by atoms with E-state index in [0.717, 1.165) is 12.8 Å². The van der Waals surface area contributed by atoms with Crippen molar-refractivity contribution in [2.45, 2.75) is 18.8 Å². The van der Waals surface area contributed by atoms with E-state index in [1.807, 2.05) is 0 Å². The Morgan fingerprint density at radius 3 is 2.71 bits per heavy atom. The highest BCUT2D eigenvalue weighted by molar-refractivity contribution is 5.80. The molecule has 82 valence electrons. The fourth-order valence-electron chi connectivity index (χ4n) is 3.33. The number of rotatable bonds is 0. The Hall–Kier alpha value is -1.82. The number of hydrogen-bond acceptors (Lipinski definition) is 0. The fraction of sp³-hybridized carbons (Fsp3) is 0.176. The molecule has 0 amide bonds. The van der Waals surface area contributed by atoms with Crippen molar-refractivity contribution in [1.29, 1.82) is 0 Å². The average molecular weight is 218 g/mol. The molecular weight excluding hydrogens is 204 g/mol. The summed E-state index contributed by atoms with van der Waals surface area (Å²) >= 11 is 0. The van der Waals surface area contributed by atoms with E-state index in [1.54, 1.807) is 5.56 Å². The highest BCUT2D eigenvalue weighted by atomic mass is 14.3. The predicted octanol–water partition coefficient (Wildman–Crippen LogP) is 4.30. The van der Waals surface area contributed by atoms with Crippen molar-refractivity contribution in [1.82, 2.24) is 0 Å². The first-order valence-electron chi connectivity index (χ1n) is 6.31. The van der Waals surface area contributed by atoms with E-state index >= 15 is 0 Å².